The van der Waals surface area contributed by atoms with Crippen LogP contribution in [0, 0.1) is 0 Å². The Hall–Kier alpha value is -1.64. The maximum atomic E-state index is 4.51. The van der Waals surface area contributed by atoms with Crippen molar-refractivity contribution in [3.63, 3.8) is 0 Å². The Balaban J connectivity index is 2.27. The summed E-state index contributed by atoms with van der Waals surface area (Å²) in [4.78, 5) is 4.44. The molecule has 0 aliphatic heterocycles. The molecule has 0 amide bonds. The standard InChI is InChI=1S/C14H19N3/c1-10(2)12-5-6-14(15-9-12)17-8-7-13(16-17)11(3)4/h5-11H,1-4H3. The topological polar surface area (TPSA) is 30.7 Å². The number of hydrogen-bond donors (Lipinski definition) is 0. The minimum Gasteiger partial charge on any atom is -0.237 e. The van der Waals surface area contributed by atoms with E-state index in [2.05, 4.69) is 43.8 Å². The van der Waals surface area contributed by atoms with Crippen molar-refractivity contribution in [1.29, 1.82) is 0 Å². The minimum absolute atomic E-state index is 0.450. The van der Waals surface area contributed by atoms with Crippen LogP contribution < -0.4 is 0 Å². The molecule has 0 unspecified atom stereocenters. The van der Waals surface area contributed by atoms with Gasteiger partial charge in [0.1, 0.15) is 0 Å². The molecule has 2 rings (SSSR count). The monoisotopic (exact) mass is 229 g/mol. The molecular weight excluding hydrogens is 210 g/mol. The zero-order chi connectivity index (χ0) is 12.4. The van der Waals surface area contributed by atoms with Crippen molar-refractivity contribution < 1.29 is 0 Å². The first kappa shape index (κ1) is 11.8. The molecule has 0 aromatic carbocycles. The summed E-state index contributed by atoms with van der Waals surface area (Å²) in [6.45, 7) is 8.62. The summed E-state index contributed by atoms with van der Waals surface area (Å²) >= 11 is 0. The van der Waals surface area contributed by atoms with Gasteiger partial charge in [-0.05, 0) is 29.5 Å². The van der Waals surface area contributed by atoms with E-state index in [1.54, 1.807) is 0 Å². The van der Waals surface area contributed by atoms with E-state index in [4.69, 9.17) is 0 Å². The summed E-state index contributed by atoms with van der Waals surface area (Å²) < 4.78 is 1.83. The maximum Gasteiger partial charge on any atom is 0.153 e. The third-order valence-corrected chi connectivity index (χ3v) is 2.87. The first-order chi connectivity index (χ1) is 8.08. The minimum atomic E-state index is 0.450. The van der Waals surface area contributed by atoms with E-state index in [1.807, 2.05) is 29.2 Å². The lowest BCUT2D eigenvalue weighted by Crippen LogP contribution is -2.00. The van der Waals surface area contributed by atoms with Gasteiger partial charge in [0, 0.05) is 12.4 Å². The predicted octanol–water partition coefficient (Wildman–Crippen LogP) is 3.51. The number of hydrogen-bond acceptors (Lipinski definition) is 2. The quantitative estimate of drug-likeness (QED) is 0.806. The fourth-order valence-corrected chi connectivity index (χ4v) is 1.65. The zero-order valence-electron chi connectivity index (χ0n) is 10.9. The second kappa shape index (κ2) is 4.70. The third kappa shape index (κ3) is 2.54. The first-order valence-electron chi connectivity index (χ1n) is 6.10. The summed E-state index contributed by atoms with van der Waals surface area (Å²) in [5.74, 6) is 1.84. The van der Waals surface area contributed by atoms with Gasteiger partial charge in [0.2, 0.25) is 0 Å². The maximum absolute atomic E-state index is 4.51. The molecule has 2 heterocycles. The Labute approximate surface area is 103 Å². The third-order valence-electron chi connectivity index (χ3n) is 2.87. The molecule has 0 fully saturated rings. The molecule has 0 aliphatic rings. The highest BCUT2D eigenvalue weighted by Crippen LogP contribution is 2.16. The number of pyridine rings is 1. The van der Waals surface area contributed by atoms with E-state index in [9.17, 15) is 0 Å². The van der Waals surface area contributed by atoms with E-state index in [0.717, 1.165) is 11.5 Å². The highest BCUT2D eigenvalue weighted by Gasteiger charge is 2.06. The van der Waals surface area contributed by atoms with Crippen molar-refractivity contribution >= 4 is 0 Å². The molecule has 17 heavy (non-hydrogen) atoms. The van der Waals surface area contributed by atoms with Gasteiger partial charge in [-0.25, -0.2) is 9.67 Å². The average Bonchev–Trinajstić information content (AvgIpc) is 2.78. The van der Waals surface area contributed by atoms with Crippen LogP contribution in [0.1, 0.15) is 50.8 Å². The molecule has 3 nitrogen and oxygen atoms in total. The van der Waals surface area contributed by atoms with Gasteiger partial charge in [-0.2, -0.15) is 5.10 Å². The molecule has 0 aliphatic carbocycles. The Kier molecular flexibility index (Phi) is 3.27. The summed E-state index contributed by atoms with van der Waals surface area (Å²) in [6.07, 6.45) is 3.89. The Morgan fingerprint density at radius 3 is 2.24 bits per heavy atom. The lowest BCUT2D eigenvalue weighted by atomic mass is 10.1. The van der Waals surface area contributed by atoms with Crippen LogP contribution in [-0.4, -0.2) is 14.8 Å². The molecule has 90 valence electrons. The molecule has 0 spiro atoms. The first-order valence-corrected chi connectivity index (χ1v) is 6.10. The molecular formula is C14H19N3. The van der Waals surface area contributed by atoms with Gasteiger partial charge in [-0.15, -0.1) is 0 Å². The van der Waals surface area contributed by atoms with E-state index in [0.29, 0.717) is 11.8 Å². The van der Waals surface area contributed by atoms with E-state index in [1.165, 1.54) is 5.56 Å². The molecule has 2 aromatic heterocycles. The van der Waals surface area contributed by atoms with Crippen molar-refractivity contribution in [2.75, 3.05) is 0 Å². The normalized spacial score (nSPS) is 11.4. The van der Waals surface area contributed by atoms with Crippen molar-refractivity contribution in [1.82, 2.24) is 14.8 Å². The van der Waals surface area contributed by atoms with Crippen LogP contribution in [0.4, 0.5) is 0 Å². The summed E-state index contributed by atoms with van der Waals surface area (Å²) in [5.41, 5.74) is 2.35. The largest absolute Gasteiger partial charge is 0.237 e. The second-order valence-corrected chi connectivity index (χ2v) is 4.94. The van der Waals surface area contributed by atoms with Gasteiger partial charge in [0.15, 0.2) is 5.82 Å². The van der Waals surface area contributed by atoms with Gasteiger partial charge in [-0.3, -0.25) is 0 Å². The molecule has 0 saturated carbocycles. The molecule has 3 heteroatoms. The highest BCUT2D eigenvalue weighted by molar-refractivity contribution is 5.26. The molecule has 0 bridgehead atoms. The Bertz CT molecular complexity index is 480. The predicted molar refractivity (Wildman–Crippen MR) is 69.5 cm³/mol. The average molecular weight is 229 g/mol. The van der Waals surface area contributed by atoms with Crippen LogP contribution in [0.2, 0.25) is 0 Å². The van der Waals surface area contributed by atoms with Gasteiger partial charge < -0.3 is 0 Å². The molecule has 2 aromatic rings. The van der Waals surface area contributed by atoms with Crippen molar-refractivity contribution in [2.45, 2.75) is 39.5 Å². The summed E-state index contributed by atoms with van der Waals surface area (Å²) in [5, 5.41) is 4.51. The lowest BCUT2D eigenvalue weighted by molar-refractivity contribution is 0.755. The molecule has 0 atom stereocenters. The number of nitrogens with zero attached hydrogens (tertiary/aromatic N) is 3. The van der Waals surface area contributed by atoms with Crippen LogP contribution in [-0.2, 0) is 0 Å². The van der Waals surface area contributed by atoms with E-state index >= 15 is 0 Å². The van der Waals surface area contributed by atoms with Crippen LogP contribution in [0.3, 0.4) is 0 Å². The summed E-state index contributed by atoms with van der Waals surface area (Å²) in [6, 6.07) is 6.18. The number of rotatable bonds is 3. The number of aromatic nitrogens is 3. The second-order valence-electron chi connectivity index (χ2n) is 4.94. The van der Waals surface area contributed by atoms with Crippen molar-refractivity contribution in [2.24, 2.45) is 0 Å². The van der Waals surface area contributed by atoms with Gasteiger partial charge in [-0.1, -0.05) is 33.8 Å². The van der Waals surface area contributed by atoms with Crippen molar-refractivity contribution in [3.05, 3.63) is 41.9 Å². The fraction of sp³-hybridized carbons (Fsp3) is 0.429. The molecule has 0 radical (unpaired) electrons. The SMILES string of the molecule is CC(C)c1ccc(-n2ccc(C(C)C)n2)nc1. The van der Waals surface area contributed by atoms with Gasteiger partial charge >= 0.3 is 0 Å². The molecule has 0 saturated heterocycles. The van der Waals surface area contributed by atoms with Crippen LogP contribution in [0.25, 0.3) is 5.82 Å². The zero-order valence-corrected chi connectivity index (χ0v) is 10.9. The van der Waals surface area contributed by atoms with E-state index < -0.39 is 0 Å². The molecule has 0 N–H and O–H groups in total. The van der Waals surface area contributed by atoms with Gasteiger partial charge in [0.25, 0.3) is 0 Å². The van der Waals surface area contributed by atoms with Crippen LogP contribution >= 0.6 is 0 Å². The van der Waals surface area contributed by atoms with Crippen molar-refractivity contribution in [3.8, 4) is 5.82 Å². The van der Waals surface area contributed by atoms with Crippen LogP contribution in [0.5, 0.6) is 0 Å². The summed E-state index contributed by atoms with van der Waals surface area (Å²) in [7, 11) is 0. The Morgan fingerprint density at radius 2 is 1.76 bits per heavy atom. The smallest absolute Gasteiger partial charge is 0.153 e. The highest BCUT2D eigenvalue weighted by atomic mass is 15.3. The lowest BCUT2D eigenvalue weighted by Gasteiger charge is -2.06. The Morgan fingerprint density at radius 1 is 1.00 bits per heavy atom. The van der Waals surface area contributed by atoms with Gasteiger partial charge in [0.05, 0.1) is 5.69 Å². The van der Waals surface area contributed by atoms with E-state index in [-0.39, 0.29) is 0 Å². The fourth-order valence-electron chi connectivity index (χ4n) is 1.65. The van der Waals surface area contributed by atoms with Crippen LogP contribution in [0.15, 0.2) is 30.6 Å².